The standard InChI is InChI=1S/C11H14N6O2/c1-15-6-5-13-10(15)7-16(2)11-8(17(18)19)3-4-9(12)14-11/h3-6H,7H2,1-2H3,(H2,12,14). The van der Waals surface area contributed by atoms with Crippen molar-refractivity contribution in [1.29, 1.82) is 0 Å². The highest BCUT2D eigenvalue weighted by Crippen LogP contribution is 2.26. The molecule has 2 N–H and O–H groups in total. The molecule has 0 radical (unpaired) electrons. The average Bonchev–Trinajstić information content (AvgIpc) is 2.74. The first-order valence-electron chi connectivity index (χ1n) is 5.57. The van der Waals surface area contributed by atoms with Crippen LogP contribution >= 0.6 is 0 Å². The number of anilines is 2. The topological polar surface area (TPSA) is 103 Å². The lowest BCUT2D eigenvalue weighted by molar-refractivity contribution is -0.384. The number of nitro groups is 1. The predicted molar refractivity (Wildman–Crippen MR) is 70.6 cm³/mol. The summed E-state index contributed by atoms with van der Waals surface area (Å²) in [5.74, 6) is 1.25. The molecule has 2 aromatic heterocycles. The van der Waals surface area contributed by atoms with E-state index >= 15 is 0 Å². The van der Waals surface area contributed by atoms with Crippen molar-refractivity contribution in [2.75, 3.05) is 17.7 Å². The number of aromatic nitrogens is 3. The Labute approximate surface area is 109 Å². The zero-order valence-electron chi connectivity index (χ0n) is 10.6. The monoisotopic (exact) mass is 262 g/mol. The highest BCUT2D eigenvalue weighted by molar-refractivity contribution is 5.60. The molecule has 19 heavy (non-hydrogen) atoms. The van der Waals surface area contributed by atoms with Gasteiger partial charge in [-0.2, -0.15) is 0 Å². The third-order valence-corrected chi connectivity index (χ3v) is 2.73. The van der Waals surface area contributed by atoms with Crippen molar-refractivity contribution >= 4 is 17.3 Å². The van der Waals surface area contributed by atoms with Crippen LogP contribution in [-0.2, 0) is 13.6 Å². The number of hydrogen-bond donors (Lipinski definition) is 1. The quantitative estimate of drug-likeness (QED) is 0.649. The van der Waals surface area contributed by atoms with Gasteiger partial charge in [-0.15, -0.1) is 0 Å². The molecule has 100 valence electrons. The fraction of sp³-hybridized carbons (Fsp3) is 0.273. The van der Waals surface area contributed by atoms with Crippen molar-refractivity contribution in [3.63, 3.8) is 0 Å². The second-order valence-electron chi connectivity index (χ2n) is 4.15. The maximum absolute atomic E-state index is 11.0. The summed E-state index contributed by atoms with van der Waals surface area (Å²) >= 11 is 0. The number of imidazole rings is 1. The normalized spacial score (nSPS) is 10.4. The van der Waals surface area contributed by atoms with Gasteiger partial charge in [-0.25, -0.2) is 9.97 Å². The Bertz CT molecular complexity index is 609. The summed E-state index contributed by atoms with van der Waals surface area (Å²) in [5, 5.41) is 11.0. The van der Waals surface area contributed by atoms with Crippen LogP contribution in [0.2, 0.25) is 0 Å². The van der Waals surface area contributed by atoms with Gasteiger partial charge < -0.3 is 15.2 Å². The molecule has 0 saturated heterocycles. The van der Waals surface area contributed by atoms with E-state index in [9.17, 15) is 10.1 Å². The van der Waals surface area contributed by atoms with Crippen molar-refractivity contribution in [2.24, 2.45) is 7.05 Å². The van der Waals surface area contributed by atoms with E-state index < -0.39 is 4.92 Å². The Kier molecular flexibility index (Phi) is 3.32. The van der Waals surface area contributed by atoms with Crippen LogP contribution in [0.15, 0.2) is 24.5 Å². The first-order valence-corrected chi connectivity index (χ1v) is 5.57. The Morgan fingerprint density at radius 1 is 1.53 bits per heavy atom. The van der Waals surface area contributed by atoms with Gasteiger partial charge in [-0.05, 0) is 6.07 Å². The molecule has 2 aromatic rings. The van der Waals surface area contributed by atoms with Gasteiger partial charge in [0.25, 0.3) is 0 Å². The smallest absolute Gasteiger partial charge is 0.311 e. The minimum atomic E-state index is -0.476. The number of nitrogen functional groups attached to an aromatic ring is 1. The zero-order chi connectivity index (χ0) is 14.0. The molecular weight excluding hydrogens is 248 g/mol. The van der Waals surface area contributed by atoms with E-state index in [-0.39, 0.29) is 17.3 Å². The first kappa shape index (κ1) is 12.8. The molecule has 0 aromatic carbocycles. The summed E-state index contributed by atoms with van der Waals surface area (Å²) < 4.78 is 1.84. The van der Waals surface area contributed by atoms with Crippen molar-refractivity contribution in [3.8, 4) is 0 Å². The number of pyridine rings is 1. The van der Waals surface area contributed by atoms with Crippen LogP contribution in [0, 0.1) is 10.1 Å². The van der Waals surface area contributed by atoms with E-state index in [1.807, 2.05) is 17.8 Å². The third kappa shape index (κ3) is 2.62. The molecule has 8 heteroatoms. The lowest BCUT2D eigenvalue weighted by atomic mass is 10.3. The van der Waals surface area contributed by atoms with Crippen LogP contribution in [0.3, 0.4) is 0 Å². The lowest BCUT2D eigenvalue weighted by Gasteiger charge is -2.17. The maximum Gasteiger partial charge on any atom is 0.311 e. The van der Waals surface area contributed by atoms with Crippen LogP contribution in [0.5, 0.6) is 0 Å². The van der Waals surface area contributed by atoms with Crippen LogP contribution < -0.4 is 10.6 Å². The number of nitrogens with zero attached hydrogens (tertiary/aromatic N) is 5. The fourth-order valence-corrected chi connectivity index (χ4v) is 1.71. The molecule has 2 heterocycles. The van der Waals surface area contributed by atoms with Crippen molar-refractivity contribution < 1.29 is 4.92 Å². The number of aryl methyl sites for hydroxylation is 1. The van der Waals surface area contributed by atoms with Crippen LogP contribution in [0.4, 0.5) is 17.3 Å². The van der Waals surface area contributed by atoms with Gasteiger partial charge in [0.1, 0.15) is 11.6 Å². The molecule has 0 saturated carbocycles. The Balaban J connectivity index is 2.32. The minimum Gasteiger partial charge on any atom is -0.384 e. The summed E-state index contributed by atoms with van der Waals surface area (Å²) in [6, 6.07) is 2.77. The van der Waals surface area contributed by atoms with E-state index in [1.165, 1.54) is 12.1 Å². The Hall–Kier alpha value is -2.64. The molecule has 0 bridgehead atoms. The molecule has 0 fully saturated rings. The second-order valence-corrected chi connectivity index (χ2v) is 4.15. The summed E-state index contributed by atoms with van der Waals surface area (Å²) in [6.07, 6.45) is 3.48. The maximum atomic E-state index is 11.0. The molecule has 0 atom stereocenters. The lowest BCUT2D eigenvalue weighted by Crippen LogP contribution is -2.21. The highest BCUT2D eigenvalue weighted by atomic mass is 16.6. The summed E-state index contributed by atoms with van der Waals surface area (Å²) in [7, 11) is 3.57. The van der Waals surface area contributed by atoms with Crippen molar-refractivity contribution in [1.82, 2.24) is 14.5 Å². The zero-order valence-corrected chi connectivity index (χ0v) is 10.6. The van der Waals surface area contributed by atoms with Gasteiger partial charge in [0, 0.05) is 32.6 Å². The number of rotatable bonds is 4. The minimum absolute atomic E-state index is 0.0779. The van der Waals surface area contributed by atoms with Gasteiger partial charge in [0.15, 0.2) is 0 Å². The molecular formula is C11H14N6O2. The van der Waals surface area contributed by atoms with Crippen molar-refractivity contribution in [2.45, 2.75) is 6.54 Å². The number of hydrogen-bond acceptors (Lipinski definition) is 6. The molecule has 0 aliphatic carbocycles. The van der Waals surface area contributed by atoms with Gasteiger partial charge in [-0.1, -0.05) is 0 Å². The Morgan fingerprint density at radius 2 is 2.26 bits per heavy atom. The average molecular weight is 262 g/mol. The largest absolute Gasteiger partial charge is 0.384 e. The summed E-state index contributed by atoms with van der Waals surface area (Å²) in [5.41, 5.74) is 5.51. The number of nitrogens with two attached hydrogens (primary N) is 1. The SMILES string of the molecule is CN(Cc1nccn1C)c1nc(N)ccc1[N+](=O)[O-]. The first-order chi connectivity index (χ1) is 8.99. The molecule has 0 amide bonds. The highest BCUT2D eigenvalue weighted by Gasteiger charge is 2.20. The predicted octanol–water partition coefficient (Wildman–Crippen LogP) is 0.942. The van der Waals surface area contributed by atoms with E-state index in [4.69, 9.17) is 5.73 Å². The van der Waals surface area contributed by atoms with Crippen LogP contribution in [-0.4, -0.2) is 26.5 Å². The molecule has 0 spiro atoms. The van der Waals surface area contributed by atoms with E-state index in [2.05, 4.69) is 9.97 Å². The molecule has 2 rings (SSSR count). The summed E-state index contributed by atoms with van der Waals surface area (Å²) in [4.78, 5) is 20.4. The van der Waals surface area contributed by atoms with E-state index in [0.717, 1.165) is 5.82 Å². The molecule has 0 aliphatic rings. The van der Waals surface area contributed by atoms with Crippen molar-refractivity contribution in [3.05, 3.63) is 40.5 Å². The van der Waals surface area contributed by atoms with Gasteiger partial charge in [0.2, 0.25) is 5.82 Å². The van der Waals surface area contributed by atoms with Gasteiger partial charge in [-0.3, -0.25) is 10.1 Å². The molecule has 8 nitrogen and oxygen atoms in total. The van der Waals surface area contributed by atoms with Crippen LogP contribution in [0.1, 0.15) is 5.82 Å². The second kappa shape index (κ2) is 4.92. The molecule has 0 unspecified atom stereocenters. The third-order valence-electron chi connectivity index (χ3n) is 2.73. The molecule has 0 aliphatic heterocycles. The summed E-state index contributed by atoms with van der Waals surface area (Å²) in [6.45, 7) is 0.404. The van der Waals surface area contributed by atoms with E-state index in [1.54, 1.807) is 18.1 Å². The van der Waals surface area contributed by atoms with Crippen LogP contribution in [0.25, 0.3) is 0 Å². The van der Waals surface area contributed by atoms with Gasteiger partial charge >= 0.3 is 5.69 Å². The van der Waals surface area contributed by atoms with E-state index in [0.29, 0.717) is 6.54 Å². The Morgan fingerprint density at radius 3 is 2.84 bits per heavy atom. The fourth-order valence-electron chi connectivity index (χ4n) is 1.71. The van der Waals surface area contributed by atoms with Gasteiger partial charge in [0.05, 0.1) is 11.5 Å².